The van der Waals surface area contributed by atoms with E-state index >= 15 is 0 Å². The first-order chi connectivity index (χ1) is 1.91. The molecule has 0 saturated heterocycles. The molecule has 0 atom stereocenters. The second-order valence-electron chi connectivity index (χ2n) is 0.512. The van der Waals surface area contributed by atoms with Crippen LogP contribution in [0.2, 0.25) is 0 Å². The number of aliphatic hydroxyl groups excluding tert-OH is 1. The summed E-state index contributed by atoms with van der Waals surface area (Å²) in [6.07, 6.45) is 0. The summed E-state index contributed by atoms with van der Waals surface area (Å²) in [5.41, 5.74) is 4.78. The summed E-state index contributed by atoms with van der Waals surface area (Å²) >= 11 is 0. The summed E-state index contributed by atoms with van der Waals surface area (Å²) in [4.78, 5) is 0. The Morgan fingerprint density at radius 1 is 0.818 bits per heavy atom. The Morgan fingerprint density at radius 3 is 0.909 bits per heavy atom. The number of rotatable bonds is 1. The molecule has 0 amide bonds. The smallest absolute Gasteiger partial charge is 0.0553 e. The van der Waals surface area contributed by atoms with Gasteiger partial charge in [-0.15, -0.1) is 0 Å². The summed E-state index contributed by atoms with van der Waals surface area (Å²) < 4.78 is 0. The monoisotopic (exact) mass is 243 g/mol. The Labute approximate surface area is 88.7 Å². The van der Waals surface area contributed by atoms with Crippen molar-refractivity contribution in [3.63, 3.8) is 0 Å². The predicted molar refractivity (Wildman–Crippen MR) is 19.6 cm³/mol. The average Bonchev–Trinajstić information content (AvgIpc) is 1.37. The van der Waals surface area contributed by atoms with Crippen LogP contribution in [0.25, 0.3) is 0 Å². The molecule has 0 heterocycles. The van der Waals surface area contributed by atoms with E-state index in [-0.39, 0.29) is 71.1 Å². The molecule has 0 aromatic rings. The normalized spacial score (nSPS) is 2.73. The minimum absolute atomic E-state index is 0. The number of aliphatic hydroxyl groups is 1. The maximum Gasteiger partial charge on any atom is 0.0553 e. The van der Waals surface area contributed by atoms with E-state index in [4.69, 9.17) is 10.8 Å². The molecule has 0 aromatic carbocycles. The van der Waals surface area contributed by atoms with E-state index in [1.54, 1.807) is 0 Å². The minimum atomic E-state index is 0. The molecule has 11 heavy (non-hydrogen) atoms. The van der Waals surface area contributed by atoms with E-state index in [0.717, 1.165) is 0 Å². The van der Waals surface area contributed by atoms with Gasteiger partial charge in [0.1, 0.15) is 0 Å². The fourth-order valence-electron chi connectivity index (χ4n) is 0. The molecule has 0 aromatic heterocycles. The molecule has 9 heteroatoms. The Balaban J connectivity index is -0.00000000214. The Kier molecular flexibility index (Phi) is 1080. The number of hydrogen-bond donors (Lipinski definition) is 2. The summed E-state index contributed by atoms with van der Waals surface area (Å²) in [5, 5.41) is 7.75. The second kappa shape index (κ2) is 128. The molecule has 2 radical (unpaired) electrons. The molecular weight excluding hydrogens is 236 g/mol. The first-order valence-corrected chi connectivity index (χ1v) is 1.22. The molecule has 3 N–H and O–H groups in total. The van der Waals surface area contributed by atoms with Crippen LogP contribution < -0.4 is 5.73 Å². The van der Waals surface area contributed by atoms with Gasteiger partial charge in [0.25, 0.3) is 0 Å². The zero-order valence-corrected chi connectivity index (χ0v) is 8.17. The fraction of sp³-hybridized carbons (Fsp3) is 1.00. The van der Waals surface area contributed by atoms with Gasteiger partial charge >= 0.3 is 0 Å². The molecular formula is C2H7NO6V2-10. The maximum absolute atomic E-state index is 7.75. The van der Waals surface area contributed by atoms with Crippen molar-refractivity contribution >= 4 is 0 Å². The first-order valence-electron chi connectivity index (χ1n) is 1.22. The van der Waals surface area contributed by atoms with Gasteiger partial charge in [-0.25, -0.2) is 0 Å². The van der Waals surface area contributed by atoms with Crippen LogP contribution in [0.15, 0.2) is 0 Å². The molecule has 76 valence electrons. The molecule has 0 saturated carbocycles. The zero-order chi connectivity index (χ0) is 3.41. The molecule has 0 spiro atoms. The van der Waals surface area contributed by atoms with Crippen molar-refractivity contribution in [3.05, 3.63) is 0 Å². The second-order valence-corrected chi connectivity index (χ2v) is 0.512. The van der Waals surface area contributed by atoms with Crippen LogP contribution in [-0.4, -0.2) is 18.3 Å². The van der Waals surface area contributed by atoms with Crippen molar-refractivity contribution < 1.29 is 69.6 Å². The Hall–Kier alpha value is 0.889. The molecule has 0 fully saturated rings. The van der Waals surface area contributed by atoms with Crippen LogP contribution in [0, 0.1) is 0 Å². The van der Waals surface area contributed by atoms with Gasteiger partial charge in [-0.2, -0.15) is 0 Å². The molecule has 0 unspecified atom stereocenters. The summed E-state index contributed by atoms with van der Waals surface area (Å²) in [6, 6.07) is 0. The van der Waals surface area contributed by atoms with Gasteiger partial charge in [0.15, 0.2) is 0 Å². The van der Waals surface area contributed by atoms with Gasteiger partial charge in [0, 0.05) is 43.7 Å². The van der Waals surface area contributed by atoms with E-state index in [1.807, 2.05) is 0 Å². The van der Waals surface area contributed by atoms with Crippen molar-refractivity contribution in [1.82, 2.24) is 0 Å². The summed E-state index contributed by atoms with van der Waals surface area (Å²) in [7, 11) is 0. The summed E-state index contributed by atoms with van der Waals surface area (Å²) in [6.45, 7) is 0.472. The number of hydrogen-bond acceptors (Lipinski definition) is 2. The molecule has 0 rings (SSSR count). The van der Waals surface area contributed by atoms with E-state index in [0.29, 0.717) is 6.54 Å². The third kappa shape index (κ3) is 241. The van der Waals surface area contributed by atoms with Crippen molar-refractivity contribution in [2.24, 2.45) is 5.73 Å². The standard InChI is InChI=1S/C2H7NO.5O.2V/c3-1-2-4;;;;;;;/h4H,1-3H2;;;;;;;/q;5*-2;;. The quantitative estimate of drug-likeness (QED) is 0.557. The number of nitrogens with two attached hydrogens (primary N) is 1. The SMILES string of the molecule is NCCO.[O-2].[O-2].[O-2].[O-2].[O-2].[V].[V]. The Morgan fingerprint density at radius 2 is 0.909 bits per heavy atom. The maximum atomic E-state index is 7.75. The molecule has 0 bridgehead atoms. The third-order valence-electron chi connectivity index (χ3n) is 0.129. The van der Waals surface area contributed by atoms with Gasteiger partial charge in [0.2, 0.25) is 0 Å². The summed E-state index contributed by atoms with van der Waals surface area (Å²) in [5.74, 6) is 0. The van der Waals surface area contributed by atoms with Gasteiger partial charge in [-0.1, -0.05) is 0 Å². The molecule has 0 aliphatic rings. The largest absolute Gasteiger partial charge is 2.00 e. The van der Waals surface area contributed by atoms with Crippen molar-refractivity contribution in [2.75, 3.05) is 13.2 Å². The van der Waals surface area contributed by atoms with Crippen LogP contribution in [0.1, 0.15) is 0 Å². The predicted octanol–water partition coefficient (Wildman–Crippen LogP) is -1.66. The molecule has 7 nitrogen and oxygen atoms in total. The minimum Gasteiger partial charge on any atom is -2.00 e. The van der Waals surface area contributed by atoms with Gasteiger partial charge in [-0.3, -0.25) is 0 Å². The van der Waals surface area contributed by atoms with Crippen molar-refractivity contribution in [2.45, 2.75) is 0 Å². The van der Waals surface area contributed by atoms with Gasteiger partial charge in [0.05, 0.1) is 6.61 Å². The van der Waals surface area contributed by atoms with Crippen molar-refractivity contribution in [3.8, 4) is 0 Å². The van der Waals surface area contributed by atoms with E-state index < -0.39 is 0 Å². The van der Waals surface area contributed by atoms with Crippen LogP contribution in [-0.2, 0) is 64.5 Å². The van der Waals surface area contributed by atoms with E-state index in [9.17, 15) is 0 Å². The molecule has 0 aliphatic carbocycles. The molecule has 0 aliphatic heterocycles. The van der Waals surface area contributed by atoms with Crippen LogP contribution >= 0.6 is 0 Å². The average molecular weight is 243 g/mol. The van der Waals surface area contributed by atoms with Crippen LogP contribution in [0.3, 0.4) is 0 Å². The Bertz CT molecular complexity index is 20.5. The van der Waals surface area contributed by atoms with Crippen LogP contribution in [0.5, 0.6) is 0 Å². The fourth-order valence-corrected chi connectivity index (χ4v) is 0. The van der Waals surface area contributed by atoms with Gasteiger partial charge in [-0.05, 0) is 0 Å². The van der Waals surface area contributed by atoms with E-state index in [1.165, 1.54) is 0 Å². The first kappa shape index (κ1) is 93.2. The third-order valence-corrected chi connectivity index (χ3v) is 0.129. The topological polar surface area (TPSA) is 189 Å². The van der Waals surface area contributed by atoms with Gasteiger partial charge < -0.3 is 38.2 Å². The van der Waals surface area contributed by atoms with Crippen molar-refractivity contribution in [1.29, 1.82) is 0 Å². The van der Waals surface area contributed by atoms with E-state index in [2.05, 4.69) is 0 Å². The van der Waals surface area contributed by atoms with Crippen LogP contribution in [0.4, 0.5) is 0 Å². The zero-order valence-electron chi connectivity index (χ0n) is 5.37.